The predicted octanol–water partition coefficient (Wildman–Crippen LogP) is 1.26. The summed E-state index contributed by atoms with van der Waals surface area (Å²) in [5, 5.41) is 3.99. The summed E-state index contributed by atoms with van der Waals surface area (Å²) in [6.45, 7) is 2.43. The first-order valence-electron chi connectivity index (χ1n) is 5.77. The second kappa shape index (κ2) is 4.95. The predicted molar refractivity (Wildman–Crippen MR) is 64.0 cm³/mol. The Balaban J connectivity index is 2.11. The van der Waals surface area contributed by atoms with E-state index in [-0.39, 0.29) is 11.3 Å². The number of hydrogen-bond donors (Lipinski definition) is 0. The molecule has 17 heavy (non-hydrogen) atoms. The molecule has 5 nitrogen and oxygen atoms in total. The lowest BCUT2D eigenvalue weighted by atomic mass is 10.2. The van der Waals surface area contributed by atoms with Crippen LogP contribution >= 0.6 is 0 Å². The molecule has 0 bridgehead atoms. The van der Waals surface area contributed by atoms with Gasteiger partial charge in [-0.05, 0) is 12.5 Å². The van der Waals surface area contributed by atoms with Gasteiger partial charge in [0.2, 0.25) is 0 Å². The molecule has 0 atom stereocenters. The Bertz CT molecular complexity index is 583. The number of hydrogen-bond acceptors (Lipinski definition) is 3. The number of aryl methyl sites for hydroxylation is 1. The van der Waals surface area contributed by atoms with Crippen LogP contribution in [0.4, 0.5) is 0 Å². The molecule has 0 aliphatic carbocycles. The summed E-state index contributed by atoms with van der Waals surface area (Å²) in [6.07, 6.45) is 6.86. The van der Waals surface area contributed by atoms with Crippen molar-refractivity contribution in [3.05, 3.63) is 35.0 Å². The van der Waals surface area contributed by atoms with Gasteiger partial charge in [0.05, 0.1) is 6.20 Å². The molecule has 2 aromatic heterocycles. The molecular formula is C12H15N3O2. The third kappa shape index (κ3) is 2.43. The summed E-state index contributed by atoms with van der Waals surface area (Å²) in [7, 11) is 0. The molecule has 2 rings (SSSR count). The average molecular weight is 233 g/mol. The first-order chi connectivity index (χ1) is 8.22. The van der Waals surface area contributed by atoms with Crippen molar-refractivity contribution < 1.29 is 4.79 Å². The fourth-order valence-corrected chi connectivity index (χ4v) is 1.76. The van der Waals surface area contributed by atoms with Gasteiger partial charge in [0.25, 0.3) is 5.56 Å². The second-order valence-corrected chi connectivity index (χ2v) is 3.95. The SMILES string of the molecule is CCC(=O)CCCn1ccn2nccc2c1=O. The summed E-state index contributed by atoms with van der Waals surface area (Å²) in [6, 6.07) is 1.69. The molecule has 90 valence electrons. The number of Topliss-reactive ketones (excluding diaryl/α,β-unsaturated/α-hetero) is 1. The van der Waals surface area contributed by atoms with E-state index in [2.05, 4.69) is 5.10 Å². The third-order valence-corrected chi connectivity index (χ3v) is 2.79. The standard InChI is InChI=1S/C12H15N3O2/c1-2-10(16)4-3-7-14-8-9-15-11(12(14)17)5-6-13-15/h5-6,8-9H,2-4,7H2,1H3. The van der Waals surface area contributed by atoms with Crippen molar-refractivity contribution in [3.63, 3.8) is 0 Å². The topological polar surface area (TPSA) is 56.4 Å². The second-order valence-electron chi connectivity index (χ2n) is 3.95. The van der Waals surface area contributed by atoms with E-state index < -0.39 is 0 Å². The van der Waals surface area contributed by atoms with Gasteiger partial charge in [-0.2, -0.15) is 5.10 Å². The molecule has 2 aromatic rings. The Morgan fingerprint density at radius 2 is 2.24 bits per heavy atom. The molecule has 0 saturated carbocycles. The zero-order valence-electron chi connectivity index (χ0n) is 9.80. The Hall–Kier alpha value is -1.91. The van der Waals surface area contributed by atoms with Gasteiger partial charge in [-0.3, -0.25) is 9.59 Å². The number of carbonyl (C=O) groups is 1. The monoisotopic (exact) mass is 233 g/mol. The average Bonchev–Trinajstić information content (AvgIpc) is 2.81. The van der Waals surface area contributed by atoms with E-state index in [4.69, 9.17) is 0 Å². The van der Waals surface area contributed by atoms with Crippen LogP contribution in [0.3, 0.4) is 0 Å². The van der Waals surface area contributed by atoms with Gasteiger partial charge in [0.15, 0.2) is 0 Å². The molecule has 0 aromatic carbocycles. The van der Waals surface area contributed by atoms with E-state index in [1.54, 1.807) is 33.7 Å². The van der Waals surface area contributed by atoms with Crippen LogP contribution in [0.1, 0.15) is 26.2 Å². The van der Waals surface area contributed by atoms with E-state index in [9.17, 15) is 9.59 Å². The van der Waals surface area contributed by atoms with E-state index in [0.717, 1.165) is 0 Å². The molecular weight excluding hydrogens is 218 g/mol. The minimum atomic E-state index is -0.0612. The molecule has 0 saturated heterocycles. The van der Waals surface area contributed by atoms with E-state index in [1.807, 2.05) is 6.92 Å². The smallest absolute Gasteiger partial charge is 0.276 e. The molecule has 0 fully saturated rings. The van der Waals surface area contributed by atoms with Crippen molar-refractivity contribution in [1.29, 1.82) is 0 Å². The molecule has 2 heterocycles. The third-order valence-electron chi connectivity index (χ3n) is 2.79. The van der Waals surface area contributed by atoms with Crippen molar-refractivity contribution in [2.24, 2.45) is 0 Å². The summed E-state index contributed by atoms with van der Waals surface area (Å²) >= 11 is 0. The van der Waals surface area contributed by atoms with Gasteiger partial charge >= 0.3 is 0 Å². The number of aromatic nitrogens is 3. The Morgan fingerprint density at radius 1 is 1.41 bits per heavy atom. The normalized spacial score (nSPS) is 10.9. The zero-order chi connectivity index (χ0) is 12.3. The van der Waals surface area contributed by atoms with Crippen LogP contribution in [0.15, 0.2) is 29.5 Å². The summed E-state index contributed by atoms with van der Waals surface area (Å²) in [5.41, 5.74) is 0.503. The molecule has 0 unspecified atom stereocenters. The van der Waals surface area contributed by atoms with Gasteiger partial charge in [0, 0.05) is 31.8 Å². The number of ketones is 1. The summed E-state index contributed by atoms with van der Waals surface area (Å²) < 4.78 is 3.18. The molecule has 5 heteroatoms. The van der Waals surface area contributed by atoms with Crippen LogP contribution in [0, 0.1) is 0 Å². The van der Waals surface area contributed by atoms with E-state index >= 15 is 0 Å². The highest BCUT2D eigenvalue weighted by atomic mass is 16.1. The van der Waals surface area contributed by atoms with Crippen LogP contribution in [0.25, 0.3) is 5.52 Å². The number of fused-ring (bicyclic) bond motifs is 1. The van der Waals surface area contributed by atoms with Crippen molar-refractivity contribution in [3.8, 4) is 0 Å². The lowest BCUT2D eigenvalue weighted by Gasteiger charge is -2.05. The maximum absolute atomic E-state index is 12.0. The molecule has 0 N–H and O–H groups in total. The fraction of sp³-hybridized carbons (Fsp3) is 0.417. The number of nitrogens with zero attached hydrogens (tertiary/aromatic N) is 3. The van der Waals surface area contributed by atoms with Crippen LogP contribution < -0.4 is 5.56 Å². The summed E-state index contributed by atoms with van der Waals surface area (Å²) in [4.78, 5) is 23.1. The van der Waals surface area contributed by atoms with Gasteiger partial charge in [-0.15, -0.1) is 0 Å². The lowest BCUT2D eigenvalue weighted by molar-refractivity contribution is -0.118. The maximum atomic E-state index is 12.0. The van der Waals surface area contributed by atoms with Crippen LogP contribution in [-0.4, -0.2) is 20.0 Å². The fourth-order valence-electron chi connectivity index (χ4n) is 1.76. The molecule has 0 amide bonds. The quantitative estimate of drug-likeness (QED) is 0.781. The van der Waals surface area contributed by atoms with Gasteiger partial charge in [0.1, 0.15) is 11.3 Å². The van der Waals surface area contributed by atoms with Gasteiger partial charge in [-0.1, -0.05) is 6.92 Å². The first kappa shape index (κ1) is 11.6. The highest BCUT2D eigenvalue weighted by Gasteiger charge is 2.04. The zero-order valence-corrected chi connectivity index (χ0v) is 9.80. The molecule has 0 spiro atoms. The van der Waals surface area contributed by atoms with E-state index in [1.165, 1.54) is 0 Å². The van der Waals surface area contributed by atoms with Crippen LogP contribution in [0.2, 0.25) is 0 Å². The van der Waals surface area contributed by atoms with Crippen molar-refractivity contribution >= 4 is 11.3 Å². The first-order valence-corrected chi connectivity index (χ1v) is 5.77. The Kier molecular flexibility index (Phi) is 3.37. The molecule has 0 aliphatic heterocycles. The highest BCUT2D eigenvalue weighted by molar-refractivity contribution is 5.77. The number of rotatable bonds is 5. The van der Waals surface area contributed by atoms with Crippen molar-refractivity contribution in [1.82, 2.24) is 14.2 Å². The van der Waals surface area contributed by atoms with E-state index in [0.29, 0.717) is 31.3 Å². The summed E-state index contributed by atoms with van der Waals surface area (Å²) in [5.74, 6) is 0.239. The van der Waals surface area contributed by atoms with Gasteiger partial charge in [-0.25, -0.2) is 4.52 Å². The minimum Gasteiger partial charge on any atom is -0.312 e. The van der Waals surface area contributed by atoms with Crippen molar-refractivity contribution in [2.45, 2.75) is 32.7 Å². The number of carbonyl (C=O) groups excluding carboxylic acids is 1. The van der Waals surface area contributed by atoms with Crippen LogP contribution in [-0.2, 0) is 11.3 Å². The van der Waals surface area contributed by atoms with Crippen LogP contribution in [0.5, 0.6) is 0 Å². The Labute approximate surface area is 98.7 Å². The largest absolute Gasteiger partial charge is 0.312 e. The highest BCUT2D eigenvalue weighted by Crippen LogP contribution is 1.99. The maximum Gasteiger partial charge on any atom is 0.276 e. The molecule has 0 radical (unpaired) electrons. The molecule has 0 aliphatic rings. The Morgan fingerprint density at radius 3 is 3.00 bits per heavy atom. The lowest BCUT2D eigenvalue weighted by Crippen LogP contribution is -2.21. The van der Waals surface area contributed by atoms with Gasteiger partial charge < -0.3 is 4.57 Å². The minimum absolute atomic E-state index is 0.0612. The van der Waals surface area contributed by atoms with Crippen molar-refractivity contribution in [2.75, 3.05) is 0 Å².